The van der Waals surface area contributed by atoms with Crippen molar-refractivity contribution in [3.8, 4) is 0 Å². The first-order valence-electron chi connectivity index (χ1n) is 12.1. The topological polar surface area (TPSA) is 73.3 Å². The molecule has 13 heteroatoms. The molecule has 37 heavy (non-hydrogen) atoms. The van der Waals surface area contributed by atoms with E-state index in [1.165, 1.54) is 0 Å². The summed E-state index contributed by atoms with van der Waals surface area (Å²) in [4.78, 5) is 28.4. The number of carboxylic acids is 1. The van der Waals surface area contributed by atoms with Gasteiger partial charge in [0.15, 0.2) is 0 Å². The number of likely N-dealkylation sites (tertiary alicyclic amines) is 2. The number of halogens is 6. The maximum Gasteiger partial charge on any atom is 0.434 e. The minimum atomic E-state index is -5.73. The van der Waals surface area contributed by atoms with E-state index in [2.05, 4.69) is 14.5 Å². The Hall–Kier alpha value is -2.70. The Morgan fingerprint density at radius 3 is 1.97 bits per heavy atom. The number of carbonyl (C=O) groups is 2. The smallest absolute Gasteiger partial charge is 0.434 e. The molecule has 0 radical (unpaired) electrons. The lowest BCUT2D eigenvalue weighted by atomic mass is 9.72. The van der Waals surface area contributed by atoms with Crippen molar-refractivity contribution >= 4 is 17.7 Å². The molecule has 0 aromatic heterocycles. The Morgan fingerprint density at radius 1 is 0.946 bits per heavy atom. The van der Waals surface area contributed by atoms with Gasteiger partial charge in [-0.3, -0.25) is 9.69 Å². The molecule has 7 nitrogen and oxygen atoms in total. The quantitative estimate of drug-likeness (QED) is 0.558. The number of aliphatic carboxylic acids is 1. The van der Waals surface area contributed by atoms with Gasteiger partial charge in [0.05, 0.1) is 5.92 Å². The minimum Gasteiger partial charge on any atom is -0.481 e. The molecule has 1 N–H and O–H groups in total. The molecule has 0 saturated carbocycles. The van der Waals surface area contributed by atoms with Gasteiger partial charge < -0.3 is 19.6 Å². The minimum absolute atomic E-state index is 0.0440. The monoisotopic (exact) mass is 537 g/mol. The normalized spacial score (nSPS) is 21.3. The SMILES string of the molecule is O=C(O)C1CCN(c2ccc(CN3CC4(CCN(C(=O)OC(C(F)(F)F)C(F)(F)F)CC4)C3)cc2)CC1. The number of alkyl halides is 6. The van der Waals surface area contributed by atoms with Gasteiger partial charge in [-0.2, -0.15) is 26.3 Å². The van der Waals surface area contributed by atoms with E-state index in [0.29, 0.717) is 45.3 Å². The van der Waals surface area contributed by atoms with Crippen molar-refractivity contribution in [1.82, 2.24) is 9.80 Å². The van der Waals surface area contributed by atoms with Crippen LogP contribution in [0.2, 0.25) is 0 Å². The Balaban J connectivity index is 1.21. The zero-order chi connectivity index (χ0) is 27.0. The highest BCUT2D eigenvalue weighted by molar-refractivity contribution is 5.70. The summed E-state index contributed by atoms with van der Waals surface area (Å²) in [5, 5.41) is 9.14. The fourth-order valence-corrected chi connectivity index (χ4v) is 5.44. The summed E-state index contributed by atoms with van der Waals surface area (Å²) in [7, 11) is 0. The van der Waals surface area contributed by atoms with Crippen LogP contribution < -0.4 is 4.90 Å². The van der Waals surface area contributed by atoms with Gasteiger partial charge in [-0.1, -0.05) is 12.1 Å². The average Bonchev–Trinajstić information content (AvgIpc) is 2.81. The lowest BCUT2D eigenvalue weighted by molar-refractivity contribution is -0.308. The Labute approximate surface area is 209 Å². The number of rotatable bonds is 5. The van der Waals surface area contributed by atoms with Crippen molar-refractivity contribution in [2.24, 2.45) is 11.3 Å². The second kappa shape index (κ2) is 10.2. The van der Waals surface area contributed by atoms with Crippen LogP contribution in [-0.4, -0.2) is 84.7 Å². The Morgan fingerprint density at radius 2 is 1.49 bits per heavy atom. The van der Waals surface area contributed by atoms with Crippen molar-refractivity contribution in [2.45, 2.75) is 50.7 Å². The lowest BCUT2D eigenvalue weighted by Gasteiger charge is -2.54. The fourth-order valence-electron chi connectivity index (χ4n) is 5.44. The molecule has 3 fully saturated rings. The molecular formula is C24H29F6N3O4. The highest BCUT2D eigenvalue weighted by Crippen LogP contribution is 2.42. The number of ether oxygens (including phenoxy) is 1. The Bertz CT molecular complexity index is 946. The number of carboxylic acid groups (broad SMARTS) is 1. The van der Waals surface area contributed by atoms with Crippen LogP contribution in [0.5, 0.6) is 0 Å². The molecule has 3 heterocycles. The van der Waals surface area contributed by atoms with E-state index in [1.807, 2.05) is 24.3 Å². The van der Waals surface area contributed by atoms with Gasteiger partial charge in [-0.25, -0.2) is 4.79 Å². The molecule has 3 aliphatic rings. The second-order valence-corrected chi connectivity index (χ2v) is 10.2. The van der Waals surface area contributed by atoms with Crippen LogP contribution >= 0.6 is 0 Å². The fraction of sp³-hybridized carbons (Fsp3) is 0.667. The van der Waals surface area contributed by atoms with Crippen molar-refractivity contribution < 1.29 is 45.8 Å². The molecule has 3 aliphatic heterocycles. The van der Waals surface area contributed by atoms with Gasteiger partial charge in [0, 0.05) is 51.5 Å². The van der Waals surface area contributed by atoms with Crippen LogP contribution in [0.25, 0.3) is 0 Å². The third kappa shape index (κ3) is 6.42. The molecule has 0 atom stereocenters. The van der Waals surface area contributed by atoms with Crippen LogP contribution in [-0.2, 0) is 16.1 Å². The zero-order valence-corrected chi connectivity index (χ0v) is 20.0. The van der Waals surface area contributed by atoms with E-state index in [9.17, 15) is 35.9 Å². The molecule has 1 aromatic carbocycles. The largest absolute Gasteiger partial charge is 0.481 e. The van der Waals surface area contributed by atoms with Crippen LogP contribution in [0.4, 0.5) is 36.8 Å². The third-order valence-corrected chi connectivity index (χ3v) is 7.57. The van der Waals surface area contributed by atoms with E-state index in [0.717, 1.165) is 29.2 Å². The number of nitrogens with zero attached hydrogens (tertiary/aromatic N) is 3. The predicted octanol–water partition coefficient (Wildman–Crippen LogP) is 4.52. The standard InChI is InChI=1S/C24H29F6N3O4/c25-23(26,27)20(24(28,29)30)37-21(36)33-11-7-22(8-12-33)14-31(15-22)13-16-1-3-18(4-2-16)32-9-5-17(6-10-32)19(34)35/h1-4,17,20H,5-15H2,(H,34,35). The maximum atomic E-state index is 12.7. The molecule has 0 unspecified atom stereocenters. The van der Waals surface area contributed by atoms with Crippen LogP contribution in [0.3, 0.4) is 0 Å². The van der Waals surface area contributed by atoms with Crippen molar-refractivity contribution in [1.29, 1.82) is 0 Å². The van der Waals surface area contributed by atoms with Crippen molar-refractivity contribution in [2.75, 3.05) is 44.2 Å². The van der Waals surface area contributed by atoms with E-state index in [-0.39, 0.29) is 24.4 Å². The molecule has 1 aromatic rings. The van der Waals surface area contributed by atoms with Gasteiger partial charge in [-0.05, 0) is 48.8 Å². The van der Waals surface area contributed by atoms with E-state index in [4.69, 9.17) is 5.11 Å². The summed E-state index contributed by atoms with van der Waals surface area (Å²) in [6.45, 7) is 3.64. The van der Waals surface area contributed by atoms with Crippen LogP contribution in [0, 0.1) is 11.3 Å². The van der Waals surface area contributed by atoms with Crippen molar-refractivity contribution in [3.63, 3.8) is 0 Å². The van der Waals surface area contributed by atoms with E-state index >= 15 is 0 Å². The van der Waals surface area contributed by atoms with Crippen LogP contribution in [0.1, 0.15) is 31.2 Å². The van der Waals surface area contributed by atoms with Gasteiger partial charge in [0.2, 0.25) is 0 Å². The zero-order valence-electron chi connectivity index (χ0n) is 20.0. The number of anilines is 1. The second-order valence-electron chi connectivity index (χ2n) is 10.2. The first kappa shape index (κ1) is 27.3. The Kier molecular flexibility index (Phi) is 7.55. The molecule has 0 aliphatic carbocycles. The maximum absolute atomic E-state index is 12.7. The average molecular weight is 538 g/mol. The molecule has 0 bridgehead atoms. The summed E-state index contributed by atoms with van der Waals surface area (Å²) in [6, 6.07) is 8.09. The molecule has 3 saturated heterocycles. The van der Waals surface area contributed by atoms with Gasteiger partial charge in [0.25, 0.3) is 6.10 Å². The summed E-state index contributed by atoms with van der Waals surface area (Å²) in [5.41, 5.74) is 2.04. The first-order chi connectivity index (χ1) is 17.3. The molecule has 206 valence electrons. The number of piperidine rings is 2. The van der Waals surface area contributed by atoms with Crippen LogP contribution in [0.15, 0.2) is 24.3 Å². The lowest BCUT2D eigenvalue weighted by Crippen LogP contribution is -2.60. The van der Waals surface area contributed by atoms with E-state index in [1.54, 1.807) is 0 Å². The summed E-state index contributed by atoms with van der Waals surface area (Å²) in [5.74, 6) is -1.03. The highest BCUT2D eigenvalue weighted by atomic mass is 19.4. The summed E-state index contributed by atoms with van der Waals surface area (Å²) in [6.07, 6.45) is -15.0. The molecule has 1 amide bonds. The van der Waals surface area contributed by atoms with Gasteiger partial charge in [-0.15, -0.1) is 0 Å². The molecular weight excluding hydrogens is 508 g/mol. The van der Waals surface area contributed by atoms with E-state index < -0.39 is 30.5 Å². The van der Waals surface area contributed by atoms with Crippen molar-refractivity contribution in [3.05, 3.63) is 29.8 Å². The number of hydrogen-bond donors (Lipinski definition) is 1. The van der Waals surface area contributed by atoms with Gasteiger partial charge in [0.1, 0.15) is 0 Å². The number of benzene rings is 1. The summed E-state index contributed by atoms with van der Waals surface area (Å²) < 4.78 is 79.8. The third-order valence-electron chi connectivity index (χ3n) is 7.57. The summed E-state index contributed by atoms with van der Waals surface area (Å²) >= 11 is 0. The van der Waals surface area contributed by atoms with Gasteiger partial charge >= 0.3 is 24.4 Å². The highest BCUT2D eigenvalue weighted by Gasteiger charge is 2.60. The molecule has 4 rings (SSSR count). The number of carbonyl (C=O) groups excluding carboxylic acids is 1. The number of hydrogen-bond acceptors (Lipinski definition) is 5. The molecule has 1 spiro atoms. The predicted molar refractivity (Wildman–Crippen MR) is 120 cm³/mol. The number of amides is 1. The first-order valence-corrected chi connectivity index (χ1v) is 12.1.